The van der Waals surface area contributed by atoms with E-state index in [0.717, 1.165) is 5.56 Å². The number of halogens is 2. The van der Waals surface area contributed by atoms with Gasteiger partial charge in [-0.15, -0.1) is 0 Å². The van der Waals surface area contributed by atoms with Crippen LogP contribution in [0.3, 0.4) is 0 Å². The third-order valence-corrected chi connectivity index (χ3v) is 3.27. The van der Waals surface area contributed by atoms with E-state index >= 15 is 0 Å². The lowest BCUT2D eigenvalue weighted by molar-refractivity contribution is 0.242. The summed E-state index contributed by atoms with van der Waals surface area (Å²) < 4.78 is 7.67. The van der Waals surface area contributed by atoms with Crippen molar-refractivity contribution in [2.45, 2.75) is 26.5 Å². The molecule has 0 aliphatic carbocycles. The van der Waals surface area contributed by atoms with Crippen molar-refractivity contribution in [2.24, 2.45) is 0 Å². The zero-order valence-electron chi connectivity index (χ0n) is 11.0. The Morgan fingerprint density at radius 2 is 2.05 bits per heavy atom. The Morgan fingerprint density at radius 3 is 2.55 bits per heavy atom. The first-order valence-corrected chi connectivity index (χ1v) is 7.14. The van der Waals surface area contributed by atoms with Crippen LogP contribution in [0.5, 0.6) is 5.75 Å². The van der Waals surface area contributed by atoms with Crippen LogP contribution in [-0.2, 0) is 6.54 Å². The third-order valence-electron chi connectivity index (χ3n) is 2.42. The number of H-pyrrole nitrogens is 1. The van der Waals surface area contributed by atoms with Gasteiger partial charge in [0.25, 0.3) is 0 Å². The van der Waals surface area contributed by atoms with Crippen molar-refractivity contribution in [3.05, 3.63) is 38.8 Å². The molecule has 1 aromatic heterocycles. The molecule has 1 aromatic carbocycles. The molecule has 0 radical (unpaired) electrons. The van der Waals surface area contributed by atoms with Gasteiger partial charge in [-0.1, -0.05) is 23.2 Å². The normalized spacial score (nSPS) is 10.8. The predicted molar refractivity (Wildman–Crippen MR) is 82.7 cm³/mol. The third kappa shape index (κ3) is 3.65. The molecule has 0 saturated carbocycles. The molecule has 0 bridgehead atoms. The van der Waals surface area contributed by atoms with Crippen LogP contribution >= 0.6 is 35.4 Å². The minimum Gasteiger partial charge on any atom is -0.488 e. The van der Waals surface area contributed by atoms with Gasteiger partial charge in [-0.3, -0.25) is 5.10 Å². The lowest BCUT2D eigenvalue weighted by Crippen LogP contribution is -2.13. The maximum atomic E-state index is 6.19. The van der Waals surface area contributed by atoms with Crippen LogP contribution < -0.4 is 10.2 Å². The topological polar surface area (TPSA) is 54.9 Å². The molecular weight excluding hydrogens is 319 g/mol. The standard InChI is InChI=1S/C12H14Cl2N4OS/c1-7(2)19-11-9(13)3-8(4-10(11)14)5-16-18-6-15-17-12(18)20/h3-4,6-7,16H,5H2,1-2H3,(H,17,20). The van der Waals surface area contributed by atoms with Crippen LogP contribution in [0.2, 0.25) is 10.0 Å². The van der Waals surface area contributed by atoms with Gasteiger partial charge in [0, 0.05) is 0 Å². The molecule has 0 amide bonds. The fourth-order valence-corrected chi connectivity index (χ4v) is 2.39. The number of aromatic amines is 1. The summed E-state index contributed by atoms with van der Waals surface area (Å²) in [7, 11) is 0. The van der Waals surface area contributed by atoms with Crippen molar-refractivity contribution >= 4 is 35.4 Å². The Bertz CT molecular complexity index is 630. The van der Waals surface area contributed by atoms with Crippen LogP contribution in [0.4, 0.5) is 0 Å². The number of aromatic nitrogens is 3. The fraction of sp³-hybridized carbons (Fsp3) is 0.333. The minimum absolute atomic E-state index is 0.0123. The summed E-state index contributed by atoms with van der Waals surface area (Å²) in [5.41, 5.74) is 4.00. The highest BCUT2D eigenvalue weighted by Crippen LogP contribution is 2.34. The van der Waals surface area contributed by atoms with E-state index in [9.17, 15) is 0 Å². The molecule has 0 aliphatic heterocycles. The van der Waals surface area contributed by atoms with Gasteiger partial charge in [0.1, 0.15) is 6.33 Å². The second kappa shape index (κ2) is 6.47. The molecule has 0 fully saturated rings. The van der Waals surface area contributed by atoms with Crippen molar-refractivity contribution in [1.29, 1.82) is 0 Å². The van der Waals surface area contributed by atoms with Gasteiger partial charge in [-0.25, -0.2) is 4.68 Å². The zero-order chi connectivity index (χ0) is 14.7. The Hall–Kier alpha value is -1.24. The molecule has 8 heteroatoms. The summed E-state index contributed by atoms with van der Waals surface area (Å²) in [4.78, 5) is 0. The maximum absolute atomic E-state index is 6.19. The number of ether oxygens (including phenoxy) is 1. The van der Waals surface area contributed by atoms with Gasteiger partial charge < -0.3 is 10.2 Å². The van der Waals surface area contributed by atoms with E-state index in [-0.39, 0.29) is 6.10 Å². The van der Waals surface area contributed by atoms with E-state index in [1.165, 1.54) is 0 Å². The predicted octanol–water partition coefficient (Wildman–Crippen LogP) is 3.78. The smallest absolute Gasteiger partial charge is 0.214 e. The Labute approximate surface area is 131 Å². The average Bonchev–Trinajstić information content (AvgIpc) is 2.77. The number of rotatable bonds is 5. The summed E-state index contributed by atoms with van der Waals surface area (Å²) in [6, 6.07) is 3.61. The molecule has 2 rings (SSSR count). The molecule has 1 heterocycles. The van der Waals surface area contributed by atoms with Crippen molar-refractivity contribution in [3.63, 3.8) is 0 Å². The summed E-state index contributed by atoms with van der Waals surface area (Å²) in [5.74, 6) is 0.506. The van der Waals surface area contributed by atoms with Crippen LogP contribution in [0.25, 0.3) is 0 Å². The molecule has 0 unspecified atom stereocenters. The van der Waals surface area contributed by atoms with Gasteiger partial charge >= 0.3 is 0 Å². The summed E-state index contributed by atoms with van der Waals surface area (Å²) in [6.07, 6.45) is 1.57. The van der Waals surface area contributed by atoms with E-state index in [4.69, 9.17) is 40.2 Å². The average molecular weight is 333 g/mol. The molecule has 5 nitrogen and oxygen atoms in total. The van der Waals surface area contributed by atoms with Crippen molar-refractivity contribution in [1.82, 2.24) is 14.9 Å². The van der Waals surface area contributed by atoms with E-state index in [1.807, 2.05) is 26.0 Å². The summed E-state index contributed by atoms with van der Waals surface area (Å²) in [5, 5.41) is 7.44. The largest absolute Gasteiger partial charge is 0.488 e. The lowest BCUT2D eigenvalue weighted by atomic mass is 10.2. The van der Waals surface area contributed by atoms with Gasteiger partial charge in [-0.2, -0.15) is 5.10 Å². The molecule has 0 saturated heterocycles. The van der Waals surface area contributed by atoms with E-state index < -0.39 is 0 Å². The molecular formula is C12H14Cl2N4OS. The Morgan fingerprint density at radius 1 is 1.40 bits per heavy atom. The number of nitrogens with one attached hydrogen (secondary N) is 2. The van der Waals surface area contributed by atoms with E-state index in [2.05, 4.69) is 15.6 Å². The van der Waals surface area contributed by atoms with Gasteiger partial charge in [0.15, 0.2) is 5.75 Å². The minimum atomic E-state index is 0.0123. The number of nitrogens with zero attached hydrogens (tertiary/aromatic N) is 2. The second-order valence-corrected chi connectivity index (χ2v) is 5.62. The first-order valence-electron chi connectivity index (χ1n) is 5.98. The van der Waals surface area contributed by atoms with E-state index in [0.29, 0.717) is 27.1 Å². The molecule has 2 aromatic rings. The van der Waals surface area contributed by atoms with Crippen molar-refractivity contribution in [3.8, 4) is 5.75 Å². The zero-order valence-corrected chi connectivity index (χ0v) is 13.3. The van der Waals surface area contributed by atoms with Crippen LogP contribution in [0.1, 0.15) is 19.4 Å². The SMILES string of the molecule is CC(C)Oc1c(Cl)cc(CNn2cn[nH]c2=S)cc1Cl. The highest BCUT2D eigenvalue weighted by molar-refractivity contribution is 7.71. The maximum Gasteiger partial charge on any atom is 0.214 e. The molecule has 0 atom stereocenters. The molecule has 0 aliphatic rings. The van der Waals surface area contributed by atoms with Crippen LogP contribution in [0.15, 0.2) is 18.5 Å². The summed E-state index contributed by atoms with van der Waals surface area (Å²) in [6.45, 7) is 4.35. The number of hydrogen-bond donors (Lipinski definition) is 2. The van der Waals surface area contributed by atoms with Crippen molar-refractivity contribution < 1.29 is 4.74 Å². The Balaban J connectivity index is 2.14. The molecule has 2 N–H and O–H groups in total. The molecule has 108 valence electrons. The van der Waals surface area contributed by atoms with Crippen LogP contribution in [0, 0.1) is 4.77 Å². The van der Waals surface area contributed by atoms with Gasteiger partial charge in [0.2, 0.25) is 4.77 Å². The van der Waals surface area contributed by atoms with Crippen LogP contribution in [-0.4, -0.2) is 21.0 Å². The van der Waals surface area contributed by atoms with Gasteiger partial charge in [-0.05, 0) is 43.8 Å². The highest BCUT2D eigenvalue weighted by atomic mass is 35.5. The summed E-state index contributed by atoms with van der Waals surface area (Å²) >= 11 is 17.4. The first kappa shape index (κ1) is 15.2. The van der Waals surface area contributed by atoms with Crippen molar-refractivity contribution in [2.75, 3.05) is 5.43 Å². The monoisotopic (exact) mass is 332 g/mol. The highest BCUT2D eigenvalue weighted by Gasteiger charge is 2.11. The van der Waals surface area contributed by atoms with E-state index in [1.54, 1.807) is 11.0 Å². The Kier molecular flexibility index (Phi) is 4.91. The number of hydrogen-bond acceptors (Lipinski definition) is 4. The quantitative estimate of drug-likeness (QED) is 0.818. The second-order valence-electron chi connectivity index (χ2n) is 4.42. The molecule has 0 spiro atoms. The fourth-order valence-electron chi connectivity index (χ4n) is 1.60. The first-order chi connectivity index (χ1) is 9.47. The molecule has 20 heavy (non-hydrogen) atoms. The lowest BCUT2D eigenvalue weighted by Gasteiger charge is -2.14. The number of benzene rings is 1. The van der Waals surface area contributed by atoms with Gasteiger partial charge in [0.05, 0.1) is 22.7 Å².